The molecular formula is C19H37NO. The van der Waals surface area contributed by atoms with E-state index in [1.165, 1.54) is 83.5 Å². The van der Waals surface area contributed by atoms with Crippen LogP contribution in [0, 0.1) is 0 Å². The molecule has 0 saturated carbocycles. The molecule has 0 saturated heterocycles. The van der Waals surface area contributed by atoms with Crippen LogP contribution in [0.25, 0.3) is 0 Å². The van der Waals surface area contributed by atoms with E-state index in [0.717, 1.165) is 18.9 Å². The number of rotatable bonds is 14. The van der Waals surface area contributed by atoms with Crippen LogP contribution in [0.2, 0.25) is 0 Å². The van der Waals surface area contributed by atoms with Crippen molar-refractivity contribution >= 4 is 5.90 Å². The van der Waals surface area contributed by atoms with Crippen LogP contribution < -0.4 is 0 Å². The third kappa shape index (κ3) is 10.8. The van der Waals surface area contributed by atoms with Gasteiger partial charge in [-0.1, -0.05) is 84.0 Å². The first-order chi connectivity index (χ1) is 10.3. The molecule has 2 heteroatoms. The van der Waals surface area contributed by atoms with Crippen molar-refractivity contribution in [3.8, 4) is 0 Å². The minimum absolute atomic E-state index is 0.321. The summed E-state index contributed by atoms with van der Waals surface area (Å²) in [6.07, 6.45) is 19.7. The summed E-state index contributed by atoms with van der Waals surface area (Å²) in [4.78, 5) is 4.41. The topological polar surface area (TPSA) is 21.6 Å². The number of aliphatic imine (C=N–C) groups is 1. The van der Waals surface area contributed by atoms with Gasteiger partial charge in [0.1, 0.15) is 6.10 Å². The van der Waals surface area contributed by atoms with E-state index in [0.29, 0.717) is 6.10 Å². The second-order valence-corrected chi connectivity index (χ2v) is 6.66. The lowest BCUT2D eigenvalue weighted by Crippen LogP contribution is -2.07. The Balaban J connectivity index is 1.71. The maximum atomic E-state index is 5.62. The van der Waals surface area contributed by atoms with Crippen molar-refractivity contribution in [2.24, 2.45) is 4.99 Å². The van der Waals surface area contributed by atoms with Gasteiger partial charge in [-0.2, -0.15) is 0 Å². The highest BCUT2D eigenvalue weighted by Crippen LogP contribution is 2.14. The zero-order valence-electron chi connectivity index (χ0n) is 14.5. The molecule has 1 aliphatic heterocycles. The largest absolute Gasteiger partial charge is 0.476 e. The minimum Gasteiger partial charge on any atom is -0.476 e. The molecule has 0 aromatic heterocycles. The van der Waals surface area contributed by atoms with E-state index in [4.69, 9.17) is 4.74 Å². The molecular weight excluding hydrogens is 258 g/mol. The summed E-state index contributed by atoms with van der Waals surface area (Å²) in [5.41, 5.74) is 0. The fourth-order valence-corrected chi connectivity index (χ4v) is 2.97. The number of nitrogens with zero attached hydrogens (tertiary/aromatic N) is 1. The molecule has 0 spiro atoms. The summed E-state index contributed by atoms with van der Waals surface area (Å²) in [6, 6.07) is 0. The maximum absolute atomic E-state index is 5.62. The summed E-state index contributed by atoms with van der Waals surface area (Å²) in [7, 11) is 0. The molecule has 0 aromatic rings. The van der Waals surface area contributed by atoms with Gasteiger partial charge < -0.3 is 4.74 Å². The summed E-state index contributed by atoms with van der Waals surface area (Å²) in [5, 5.41) is 0. The van der Waals surface area contributed by atoms with Gasteiger partial charge in [-0.05, 0) is 13.3 Å². The van der Waals surface area contributed by atoms with Gasteiger partial charge in [-0.25, -0.2) is 0 Å². The van der Waals surface area contributed by atoms with E-state index >= 15 is 0 Å². The van der Waals surface area contributed by atoms with E-state index in [2.05, 4.69) is 18.8 Å². The summed E-state index contributed by atoms with van der Waals surface area (Å²) in [6.45, 7) is 5.25. The van der Waals surface area contributed by atoms with Crippen LogP contribution >= 0.6 is 0 Å². The lowest BCUT2D eigenvalue weighted by Gasteiger charge is -2.05. The normalized spacial score (nSPS) is 17.8. The summed E-state index contributed by atoms with van der Waals surface area (Å²) in [5.74, 6) is 1.01. The SMILES string of the molecule is CCCCCCCCCCCCCCCC1=NC[C@@H](C)O1. The molecule has 1 rings (SSSR count). The quantitative estimate of drug-likeness (QED) is 0.345. The number of hydrogen-bond donors (Lipinski definition) is 0. The average Bonchev–Trinajstić information content (AvgIpc) is 2.89. The van der Waals surface area contributed by atoms with Gasteiger partial charge in [-0.3, -0.25) is 4.99 Å². The van der Waals surface area contributed by atoms with E-state index in [1.54, 1.807) is 0 Å². The molecule has 0 unspecified atom stereocenters. The maximum Gasteiger partial charge on any atom is 0.183 e. The molecule has 124 valence electrons. The van der Waals surface area contributed by atoms with Gasteiger partial charge in [0.05, 0.1) is 6.54 Å². The van der Waals surface area contributed by atoms with Crippen molar-refractivity contribution in [1.29, 1.82) is 0 Å². The standard InChI is InChI=1S/C19H37NO/c1-3-4-5-6-7-8-9-10-11-12-13-14-15-16-19-20-17-18(2)21-19/h18H,3-17H2,1-2H3/t18-/m1/s1. The fraction of sp³-hybridized carbons (Fsp3) is 0.947. The molecule has 2 nitrogen and oxygen atoms in total. The Labute approximate surface area is 132 Å². The first-order valence-corrected chi connectivity index (χ1v) is 9.53. The predicted molar refractivity (Wildman–Crippen MR) is 93.2 cm³/mol. The van der Waals surface area contributed by atoms with Crippen LogP contribution in [0.15, 0.2) is 4.99 Å². The molecule has 0 aromatic carbocycles. The van der Waals surface area contributed by atoms with Gasteiger partial charge in [-0.15, -0.1) is 0 Å². The van der Waals surface area contributed by atoms with Crippen LogP contribution in [0.3, 0.4) is 0 Å². The van der Waals surface area contributed by atoms with Crippen molar-refractivity contribution in [2.45, 2.75) is 110 Å². The molecule has 0 N–H and O–H groups in total. The number of unbranched alkanes of at least 4 members (excludes halogenated alkanes) is 12. The third-order valence-corrected chi connectivity index (χ3v) is 4.36. The smallest absolute Gasteiger partial charge is 0.183 e. The van der Waals surface area contributed by atoms with Crippen molar-refractivity contribution in [3.05, 3.63) is 0 Å². The number of hydrogen-bond acceptors (Lipinski definition) is 2. The predicted octanol–water partition coefficient (Wildman–Crippen LogP) is 6.28. The molecule has 1 atom stereocenters. The molecule has 21 heavy (non-hydrogen) atoms. The highest BCUT2D eigenvalue weighted by atomic mass is 16.5. The first-order valence-electron chi connectivity index (χ1n) is 9.53. The Morgan fingerprint density at radius 2 is 1.29 bits per heavy atom. The molecule has 0 aliphatic carbocycles. The third-order valence-electron chi connectivity index (χ3n) is 4.36. The highest BCUT2D eigenvalue weighted by Gasteiger charge is 2.13. The van der Waals surface area contributed by atoms with E-state index < -0.39 is 0 Å². The molecule has 1 heterocycles. The Bertz CT molecular complexity index is 262. The Kier molecular flexibility index (Phi) is 11.6. The second kappa shape index (κ2) is 13.2. The Morgan fingerprint density at radius 3 is 1.71 bits per heavy atom. The molecule has 0 bridgehead atoms. The average molecular weight is 296 g/mol. The van der Waals surface area contributed by atoms with Crippen LogP contribution in [0.5, 0.6) is 0 Å². The monoisotopic (exact) mass is 295 g/mol. The molecule has 0 amide bonds. The minimum atomic E-state index is 0.321. The van der Waals surface area contributed by atoms with Crippen molar-refractivity contribution in [2.75, 3.05) is 6.54 Å². The fourth-order valence-electron chi connectivity index (χ4n) is 2.97. The lowest BCUT2D eigenvalue weighted by atomic mass is 10.0. The van der Waals surface area contributed by atoms with E-state index in [9.17, 15) is 0 Å². The lowest BCUT2D eigenvalue weighted by molar-refractivity contribution is 0.238. The van der Waals surface area contributed by atoms with Crippen LogP contribution in [0.4, 0.5) is 0 Å². The molecule has 1 aliphatic rings. The van der Waals surface area contributed by atoms with E-state index in [-0.39, 0.29) is 0 Å². The second-order valence-electron chi connectivity index (χ2n) is 6.66. The van der Waals surface area contributed by atoms with Crippen LogP contribution in [-0.4, -0.2) is 18.5 Å². The van der Waals surface area contributed by atoms with Gasteiger partial charge in [0.2, 0.25) is 0 Å². The van der Waals surface area contributed by atoms with Gasteiger partial charge in [0.25, 0.3) is 0 Å². The Hall–Kier alpha value is -0.530. The van der Waals surface area contributed by atoms with Crippen molar-refractivity contribution in [3.63, 3.8) is 0 Å². The van der Waals surface area contributed by atoms with Crippen LogP contribution in [-0.2, 0) is 4.74 Å². The Morgan fingerprint density at radius 1 is 0.810 bits per heavy atom. The van der Waals surface area contributed by atoms with Crippen molar-refractivity contribution in [1.82, 2.24) is 0 Å². The number of ether oxygens (including phenoxy) is 1. The molecule has 0 radical (unpaired) electrons. The highest BCUT2D eigenvalue weighted by molar-refractivity contribution is 5.77. The molecule has 0 fully saturated rings. The van der Waals surface area contributed by atoms with E-state index in [1.807, 2.05) is 0 Å². The zero-order chi connectivity index (χ0) is 15.2. The van der Waals surface area contributed by atoms with Gasteiger partial charge in [0, 0.05) is 6.42 Å². The van der Waals surface area contributed by atoms with Crippen molar-refractivity contribution < 1.29 is 4.74 Å². The van der Waals surface area contributed by atoms with Crippen LogP contribution in [0.1, 0.15) is 104 Å². The zero-order valence-corrected chi connectivity index (χ0v) is 14.5. The van der Waals surface area contributed by atoms with Gasteiger partial charge in [0.15, 0.2) is 5.90 Å². The summed E-state index contributed by atoms with van der Waals surface area (Å²) < 4.78 is 5.62. The summed E-state index contributed by atoms with van der Waals surface area (Å²) >= 11 is 0. The van der Waals surface area contributed by atoms with Gasteiger partial charge >= 0.3 is 0 Å². The first kappa shape index (κ1) is 18.5.